The Kier molecular flexibility index (Phi) is 4.37. The van der Waals surface area contributed by atoms with Crippen molar-refractivity contribution in [3.63, 3.8) is 0 Å². The van der Waals surface area contributed by atoms with Crippen LogP contribution in [-0.4, -0.2) is 31.1 Å². The topological polar surface area (TPSA) is 15.3 Å². The standard InChI is InChI=1S/C19H24N2/c1-15-8-9-16(2)18(14-15)19(17-6-4-3-5-7-17)21-12-10-20-11-13-21/h3-9,14,19-20H,10-13H2,1-2H3/t19-/m0/s1. The summed E-state index contributed by atoms with van der Waals surface area (Å²) >= 11 is 0. The molecule has 1 aliphatic heterocycles. The minimum absolute atomic E-state index is 0.369. The van der Waals surface area contributed by atoms with E-state index in [0.29, 0.717) is 6.04 Å². The average molecular weight is 280 g/mol. The molecule has 0 bridgehead atoms. The highest BCUT2D eigenvalue weighted by Gasteiger charge is 2.24. The Labute approximate surface area is 127 Å². The van der Waals surface area contributed by atoms with Crippen molar-refractivity contribution in [2.75, 3.05) is 26.2 Å². The van der Waals surface area contributed by atoms with Crippen LogP contribution in [0.25, 0.3) is 0 Å². The Morgan fingerprint density at radius 2 is 1.67 bits per heavy atom. The zero-order valence-corrected chi connectivity index (χ0v) is 13.0. The van der Waals surface area contributed by atoms with E-state index < -0.39 is 0 Å². The maximum Gasteiger partial charge on any atom is 0.0605 e. The molecule has 0 unspecified atom stereocenters. The summed E-state index contributed by atoms with van der Waals surface area (Å²) in [5.41, 5.74) is 5.57. The predicted molar refractivity (Wildman–Crippen MR) is 88.6 cm³/mol. The molecular formula is C19H24N2. The predicted octanol–water partition coefficient (Wildman–Crippen LogP) is 3.30. The van der Waals surface area contributed by atoms with Gasteiger partial charge < -0.3 is 5.32 Å². The number of aryl methyl sites for hydroxylation is 2. The van der Waals surface area contributed by atoms with E-state index in [-0.39, 0.29) is 0 Å². The van der Waals surface area contributed by atoms with Crippen LogP contribution in [0.2, 0.25) is 0 Å². The highest BCUT2D eigenvalue weighted by atomic mass is 15.2. The second kappa shape index (κ2) is 6.42. The van der Waals surface area contributed by atoms with E-state index in [1.165, 1.54) is 22.3 Å². The van der Waals surface area contributed by atoms with Gasteiger partial charge in [0.25, 0.3) is 0 Å². The van der Waals surface area contributed by atoms with Gasteiger partial charge in [-0.05, 0) is 30.5 Å². The summed E-state index contributed by atoms with van der Waals surface area (Å²) in [6.07, 6.45) is 0. The fourth-order valence-corrected chi connectivity index (χ4v) is 3.22. The summed E-state index contributed by atoms with van der Waals surface area (Å²) in [5, 5.41) is 3.46. The molecule has 0 aromatic heterocycles. The molecule has 3 rings (SSSR count). The first-order valence-corrected chi connectivity index (χ1v) is 7.82. The Bertz CT molecular complexity index is 586. The van der Waals surface area contributed by atoms with Crippen molar-refractivity contribution in [2.45, 2.75) is 19.9 Å². The second-order valence-electron chi connectivity index (χ2n) is 5.96. The minimum Gasteiger partial charge on any atom is -0.314 e. The van der Waals surface area contributed by atoms with Gasteiger partial charge in [0.05, 0.1) is 6.04 Å². The number of benzene rings is 2. The van der Waals surface area contributed by atoms with Gasteiger partial charge in [0.15, 0.2) is 0 Å². The van der Waals surface area contributed by atoms with Gasteiger partial charge in [-0.1, -0.05) is 54.1 Å². The third-order valence-electron chi connectivity index (χ3n) is 4.36. The Balaban J connectivity index is 2.05. The normalized spacial score (nSPS) is 17.6. The SMILES string of the molecule is Cc1ccc(C)c([C@H](c2ccccc2)N2CCNCC2)c1. The first-order valence-electron chi connectivity index (χ1n) is 7.82. The number of hydrogen-bond acceptors (Lipinski definition) is 2. The zero-order chi connectivity index (χ0) is 14.7. The molecule has 1 N–H and O–H groups in total. The summed E-state index contributed by atoms with van der Waals surface area (Å²) < 4.78 is 0. The van der Waals surface area contributed by atoms with E-state index >= 15 is 0 Å². The van der Waals surface area contributed by atoms with Gasteiger partial charge in [-0.3, -0.25) is 4.90 Å². The summed E-state index contributed by atoms with van der Waals surface area (Å²) in [6, 6.07) is 18.1. The van der Waals surface area contributed by atoms with Crippen LogP contribution in [-0.2, 0) is 0 Å². The smallest absolute Gasteiger partial charge is 0.0605 e. The summed E-state index contributed by atoms with van der Waals surface area (Å²) in [5.74, 6) is 0. The number of hydrogen-bond donors (Lipinski definition) is 1. The molecule has 1 saturated heterocycles. The third-order valence-corrected chi connectivity index (χ3v) is 4.36. The van der Waals surface area contributed by atoms with Crippen LogP contribution >= 0.6 is 0 Å². The van der Waals surface area contributed by atoms with Gasteiger partial charge in [-0.15, -0.1) is 0 Å². The minimum atomic E-state index is 0.369. The molecule has 1 atom stereocenters. The monoisotopic (exact) mass is 280 g/mol. The van der Waals surface area contributed by atoms with Gasteiger partial charge in [0, 0.05) is 26.2 Å². The maximum absolute atomic E-state index is 3.46. The summed E-state index contributed by atoms with van der Waals surface area (Å²) in [6.45, 7) is 8.78. The van der Waals surface area contributed by atoms with Crippen molar-refractivity contribution in [3.8, 4) is 0 Å². The lowest BCUT2D eigenvalue weighted by atomic mass is 9.92. The Morgan fingerprint density at radius 3 is 2.38 bits per heavy atom. The maximum atomic E-state index is 3.46. The lowest BCUT2D eigenvalue weighted by Gasteiger charge is -2.36. The van der Waals surface area contributed by atoms with Crippen LogP contribution in [0.3, 0.4) is 0 Å². The molecule has 110 valence electrons. The number of piperazine rings is 1. The quantitative estimate of drug-likeness (QED) is 0.928. The first kappa shape index (κ1) is 14.3. The fourth-order valence-electron chi connectivity index (χ4n) is 3.22. The van der Waals surface area contributed by atoms with Crippen molar-refractivity contribution in [3.05, 3.63) is 70.8 Å². The van der Waals surface area contributed by atoms with E-state index in [4.69, 9.17) is 0 Å². The van der Waals surface area contributed by atoms with Gasteiger partial charge in [0.2, 0.25) is 0 Å². The van der Waals surface area contributed by atoms with E-state index in [0.717, 1.165) is 26.2 Å². The lowest BCUT2D eigenvalue weighted by Crippen LogP contribution is -2.45. The van der Waals surface area contributed by atoms with E-state index in [9.17, 15) is 0 Å². The van der Waals surface area contributed by atoms with Crippen LogP contribution in [0.1, 0.15) is 28.3 Å². The zero-order valence-electron chi connectivity index (χ0n) is 13.0. The molecule has 21 heavy (non-hydrogen) atoms. The van der Waals surface area contributed by atoms with Crippen LogP contribution in [0.4, 0.5) is 0 Å². The molecule has 2 heteroatoms. The van der Waals surface area contributed by atoms with Crippen molar-refractivity contribution in [1.82, 2.24) is 10.2 Å². The molecule has 2 nitrogen and oxygen atoms in total. The lowest BCUT2D eigenvalue weighted by molar-refractivity contribution is 0.198. The van der Waals surface area contributed by atoms with Crippen molar-refractivity contribution in [1.29, 1.82) is 0 Å². The highest BCUT2D eigenvalue weighted by molar-refractivity contribution is 5.39. The molecule has 2 aromatic carbocycles. The van der Waals surface area contributed by atoms with Crippen LogP contribution in [0.15, 0.2) is 48.5 Å². The molecule has 0 saturated carbocycles. The number of rotatable bonds is 3. The van der Waals surface area contributed by atoms with E-state index in [1.54, 1.807) is 0 Å². The van der Waals surface area contributed by atoms with Gasteiger partial charge in [0.1, 0.15) is 0 Å². The number of nitrogens with zero attached hydrogens (tertiary/aromatic N) is 1. The van der Waals surface area contributed by atoms with E-state index in [1.807, 2.05) is 0 Å². The summed E-state index contributed by atoms with van der Waals surface area (Å²) in [7, 11) is 0. The first-order chi connectivity index (χ1) is 10.3. The summed E-state index contributed by atoms with van der Waals surface area (Å²) in [4.78, 5) is 2.60. The largest absolute Gasteiger partial charge is 0.314 e. The molecule has 0 radical (unpaired) electrons. The molecule has 2 aromatic rings. The van der Waals surface area contributed by atoms with Crippen LogP contribution < -0.4 is 5.32 Å². The van der Waals surface area contributed by atoms with Gasteiger partial charge in [-0.2, -0.15) is 0 Å². The van der Waals surface area contributed by atoms with Crippen molar-refractivity contribution >= 4 is 0 Å². The molecule has 0 aliphatic carbocycles. The van der Waals surface area contributed by atoms with Crippen molar-refractivity contribution < 1.29 is 0 Å². The third kappa shape index (κ3) is 3.17. The van der Waals surface area contributed by atoms with Gasteiger partial charge >= 0.3 is 0 Å². The Morgan fingerprint density at radius 1 is 0.952 bits per heavy atom. The molecule has 1 aliphatic rings. The van der Waals surface area contributed by atoms with Crippen molar-refractivity contribution in [2.24, 2.45) is 0 Å². The molecule has 0 spiro atoms. The van der Waals surface area contributed by atoms with Crippen LogP contribution in [0.5, 0.6) is 0 Å². The second-order valence-corrected chi connectivity index (χ2v) is 5.96. The molecular weight excluding hydrogens is 256 g/mol. The molecule has 1 fully saturated rings. The molecule has 1 heterocycles. The van der Waals surface area contributed by atoms with E-state index in [2.05, 4.69) is 72.6 Å². The van der Waals surface area contributed by atoms with Gasteiger partial charge in [-0.25, -0.2) is 0 Å². The average Bonchev–Trinajstić information content (AvgIpc) is 2.53. The number of nitrogens with one attached hydrogen (secondary N) is 1. The highest BCUT2D eigenvalue weighted by Crippen LogP contribution is 2.31. The van der Waals surface area contributed by atoms with Crippen LogP contribution in [0, 0.1) is 13.8 Å². The fraction of sp³-hybridized carbons (Fsp3) is 0.368. The molecule has 0 amide bonds. The Hall–Kier alpha value is -1.64.